The zero-order valence-corrected chi connectivity index (χ0v) is 11.0. The van der Waals surface area contributed by atoms with E-state index in [0.29, 0.717) is 0 Å². The molecule has 16 heavy (non-hydrogen) atoms. The van der Waals surface area contributed by atoms with Crippen LogP contribution in [0.3, 0.4) is 0 Å². The van der Waals surface area contributed by atoms with E-state index in [1.807, 2.05) is 0 Å². The molecule has 2 saturated carbocycles. The van der Waals surface area contributed by atoms with Gasteiger partial charge < -0.3 is 5.32 Å². The van der Waals surface area contributed by atoms with Gasteiger partial charge in [0.1, 0.15) is 0 Å². The second-order valence-electron chi connectivity index (χ2n) is 5.59. The lowest BCUT2D eigenvalue weighted by Crippen LogP contribution is -2.44. The standard InChI is InChI=1S/C14H28N2/c1-3-5-14(11-15-12-6-7-12)16(10-4-2)13-8-9-13/h12-15H,3-11H2,1-2H3. The van der Waals surface area contributed by atoms with Crippen molar-refractivity contribution in [1.82, 2.24) is 10.2 Å². The Kier molecular flexibility index (Phi) is 4.66. The molecule has 0 aliphatic heterocycles. The Morgan fingerprint density at radius 2 is 1.88 bits per heavy atom. The van der Waals surface area contributed by atoms with Gasteiger partial charge in [-0.1, -0.05) is 20.3 Å². The number of hydrogen-bond donors (Lipinski definition) is 1. The van der Waals surface area contributed by atoms with Crippen LogP contribution in [0.5, 0.6) is 0 Å². The maximum Gasteiger partial charge on any atom is 0.0223 e. The molecule has 0 aromatic rings. The first-order valence-corrected chi connectivity index (χ1v) is 7.34. The van der Waals surface area contributed by atoms with Gasteiger partial charge in [0.2, 0.25) is 0 Å². The highest BCUT2D eigenvalue weighted by atomic mass is 15.2. The summed E-state index contributed by atoms with van der Waals surface area (Å²) in [6.45, 7) is 7.17. The van der Waals surface area contributed by atoms with E-state index in [4.69, 9.17) is 0 Å². The minimum absolute atomic E-state index is 0.804. The molecule has 2 fully saturated rings. The van der Waals surface area contributed by atoms with Crippen LogP contribution in [0.1, 0.15) is 58.8 Å². The maximum atomic E-state index is 3.72. The molecule has 94 valence electrons. The Morgan fingerprint density at radius 3 is 2.38 bits per heavy atom. The summed E-state index contributed by atoms with van der Waals surface area (Å²) in [7, 11) is 0. The minimum atomic E-state index is 0.804. The molecular formula is C14H28N2. The highest BCUT2D eigenvalue weighted by Gasteiger charge is 2.33. The first-order chi connectivity index (χ1) is 7.85. The highest BCUT2D eigenvalue weighted by Crippen LogP contribution is 2.30. The molecular weight excluding hydrogens is 196 g/mol. The van der Waals surface area contributed by atoms with Crippen LogP contribution in [0.4, 0.5) is 0 Å². The molecule has 0 radical (unpaired) electrons. The molecule has 2 aliphatic rings. The van der Waals surface area contributed by atoms with E-state index in [1.54, 1.807) is 0 Å². The number of rotatable bonds is 9. The summed E-state index contributed by atoms with van der Waals surface area (Å²) >= 11 is 0. The van der Waals surface area contributed by atoms with Crippen molar-refractivity contribution in [2.45, 2.75) is 76.9 Å². The summed E-state index contributed by atoms with van der Waals surface area (Å²) in [5.41, 5.74) is 0. The molecule has 0 aromatic heterocycles. The van der Waals surface area contributed by atoms with Crippen LogP contribution >= 0.6 is 0 Å². The quantitative estimate of drug-likeness (QED) is 0.648. The fourth-order valence-electron chi connectivity index (χ4n) is 2.64. The Morgan fingerprint density at radius 1 is 1.12 bits per heavy atom. The van der Waals surface area contributed by atoms with Crippen molar-refractivity contribution in [2.75, 3.05) is 13.1 Å². The van der Waals surface area contributed by atoms with E-state index in [-0.39, 0.29) is 0 Å². The Labute approximate surface area is 101 Å². The monoisotopic (exact) mass is 224 g/mol. The fourth-order valence-corrected chi connectivity index (χ4v) is 2.64. The SMILES string of the molecule is CCCC(CNC1CC1)N(CCC)C1CC1. The Hall–Kier alpha value is -0.0800. The van der Waals surface area contributed by atoms with Crippen LogP contribution < -0.4 is 5.32 Å². The molecule has 2 aliphatic carbocycles. The maximum absolute atomic E-state index is 3.72. The van der Waals surface area contributed by atoms with E-state index in [0.717, 1.165) is 18.1 Å². The van der Waals surface area contributed by atoms with E-state index in [9.17, 15) is 0 Å². The van der Waals surface area contributed by atoms with Crippen LogP contribution in [0, 0.1) is 0 Å². The van der Waals surface area contributed by atoms with Gasteiger partial charge in [-0.05, 0) is 45.1 Å². The normalized spacial score (nSPS) is 22.7. The van der Waals surface area contributed by atoms with Gasteiger partial charge in [0.15, 0.2) is 0 Å². The first-order valence-electron chi connectivity index (χ1n) is 7.34. The van der Waals surface area contributed by atoms with Crippen molar-refractivity contribution in [3.8, 4) is 0 Å². The molecule has 0 heterocycles. The third-order valence-corrected chi connectivity index (χ3v) is 3.81. The van der Waals surface area contributed by atoms with Gasteiger partial charge in [-0.25, -0.2) is 0 Å². The second-order valence-corrected chi connectivity index (χ2v) is 5.59. The number of nitrogens with zero attached hydrogens (tertiary/aromatic N) is 1. The Balaban J connectivity index is 1.80. The summed E-state index contributed by atoms with van der Waals surface area (Å²) in [4.78, 5) is 2.79. The molecule has 0 saturated heterocycles. The van der Waals surface area contributed by atoms with Gasteiger partial charge in [0, 0.05) is 24.7 Å². The predicted octanol–water partition coefficient (Wildman–Crippen LogP) is 2.78. The lowest BCUT2D eigenvalue weighted by Gasteiger charge is -2.32. The van der Waals surface area contributed by atoms with Crippen LogP contribution in [0.25, 0.3) is 0 Å². The van der Waals surface area contributed by atoms with Crippen molar-refractivity contribution in [3.05, 3.63) is 0 Å². The van der Waals surface area contributed by atoms with E-state index in [2.05, 4.69) is 24.1 Å². The highest BCUT2D eigenvalue weighted by molar-refractivity contribution is 4.91. The lowest BCUT2D eigenvalue weighted by atomic mass is 10.1. The summed E-state index contributed by atoms with van der Waals surface area (Å²) in [6.07, 6.45) is 9.72. The molecule has 0 aromatic carbocycles. The van der Waals surface area contributed by atoms with Crippen molar-refractivity contribution in [3.63, 3.8) is 0 Å². The van der Waals surface area contributed by atoms with Crippen LogP contribution in [-0.4, -0.2) is 36.1 Å². The van der Waals surface area contributed by atoms with Crippen LogP contribution in [0.2, 0.25) is 0 Å². The van der Waals surface area contributed by atoms with Gasteiger partial charge in [0.25, 0.3) is 0 Å². The van der Waals surface area contributed by atoms with Gasteiger partial charge in [-0.3, -0.25) is 4.90 Å². The third kappa shape index (κ3) is 3.74. The van der Waals surface area contributed by atoms with Gasteiger partial charge in [-0.2, -0.15) is 0 Å². The fraction of sp³-hybridized carbons (Fsp3) is 1.00. The zero-order chi connectivity index (χ0) is 11.4. The molecule has 2 heteroatoms. The van der Waals surface area contributed by atoms with Crippen LogP contribution in [-0.2, 0) is 0 Å². The van der Waals surface area contributed by atoms with E-state index in [1.165, 1.54) is 58.0 Å². The van der Waals surface area contributed by atoms with Gasteiger partial charge >= 0.3 is 0 Å². The second kappa shape index (κ2) is 6.02. The van der Waals surface area contributed by atoms with Crippen molar-refractivity contribution in [2.24, 2.45) is 0 Å². The molecule has 1 N–H and O–H groups in total. The lowest BCUT2D eigenvalue weighted by molar-refractivity contribution is 0.171. The summed E-state index contributed by atoms with van der Waals surface area (Å²) in [5.74, 6) is 0. The van der Waals surface area contributed by atoms with Crippen molar-refractivity contribution >= 4 is 0 Å². The summed E-state index contributed by atoms with van der Waals surface area (Å²) < 4.78 is 0. The number of nitrogens with one attached hydrogen (secondary N) is 1. The van der Waals surface area contributed by atoms with Crippen LogP contribution in [0.15, 0.2) is 0 Å². The molecule has 0 spiro atoms. The predicted molar refractivity (Wildman–Crippen MR) is 69.7 cm³/mol. The zero-order valence-electron chi connectivity index (χ0n) is 11.0. The molecule has 1 atom stereocenters. The van der Waals surface area contributed by atoms with Crippen molar-refractivity contribution < 1.29 is 0 Å². The molecule has 1 unspecified atom stereocenters. The summed E-state index contributed by atoms with van der Waals surface area (Å²) in [6, 6.07) is 2.59. The Bertz CT molecular complexity index is 197. The third-order valence-electron chi connectivity index (χ3n) is 3.81. The molecule has 0 bridgehead atoms. The van der Waals surface area contributed by atoms with Gasteiger partial charge in [-0.15, -0.1) is 0 Å². The topological polar surface area (TPSA) is 15.3 Å². The summed E-state index contributed by atoms with van der Waals surface area (Å²) in [5, 5.41) is 3.72. The first kappa shape index (κ1) is 12.4. The van der Waals surface area contributed by atoms with E-state index >= 15 is 0 Å². The average molecular weight is 224 g/mol. The average Bonchev–Trinajstić information content (AvgIpc) is 3.16. The molecule has 2 rings (SSSR count). The molecule has 2 nitrogen and oxygen atoms in total. The van der Waals surface area contributed by atoms with Crippen molar-refractivity contribution in [1.29, 1.82) is 0 Å². The smallest absolute Gasteiger partial charge is 0.0223 e. The molecule has 0 amide bonds. The minimum Gasteiger partial charge on any atom is -0.312 e. The number of hydrogen-bond acceptors (Lipinski definition) is 2. The largest absolute Gasteiger partial charge is 0.312 e. The van der Waals surface area contributed by atoms with E-state index < -0.39 is 0 Å². The van der Waals surface area contributed by atoms with Gasteiger partial charge in [0.05, 0.1) is 0 Å².